The quantitative estimate of drug-likeness (QED) is 0.669. The fraction of sp³-hybridized carbons (Fsp3) is 0.176. The molecule has 0 saturated heterocycles. The normalized spacial score (nSPS) is 15.0. The Labute approximate surface area is 152 Å². The standard InChI is InChI=1S/C17H14BrClN2O2/c1-9-12(18)7-11(8-13(9)19)17(23)16-15(10(2)22)20-14-5-3-4-6-21(14)16/h3-8,10,22H,1-2H3/i3D,4D,5D,6D. The number of aliphatic hydroxyl groups excluding tert-OH is 1. The monoisotopic (exact) mass is 396 g/mol. The van der Waals surface area contributed by atoms with Gasteiger partial charge in [-0.3, -0.25) is 9.20 Å². The fourth-order valence-electron chi connectivity index (χ4n) is 2.22. The second kappa shape index (κ2) is 6.07. The average Bonchev–Trinajstić information content (AvgIpc) is 3.02. The van der Waals surface area contributed by atoms with Gasteiger partial charge in [0.2, 0.25) is 5.78 Å². The van der Waals surface area contributed by atoms with Gasteiger partial charge < -0.3 is 5.11 Å². The Bertz CT molecular complexity index is 1090. The summed E-state index contributed by atoms with van der Waals surface area (Å²) in [5, 5.41) is 10.5. The maximum absolute atomic E-state index is 13.2. The Morgan fingerprint density at radius 1 is 1.48 bits per heavy atom. The highest BCUT2D eigenvalue weighted by molar-refractivity contribution is 9.10. The van der Waals surface area contributed by atoms with Crippen LogP contribution in [0.4, 0.5) is 0 Å². The smallest absolute Gasteiger partial charge is 0.211 e. The van der Waals surface area contributed by atoms with Crippen molar-refractivity contribution in [2.45, 2.75) is 20.0 Å². The molecule has 3 rings (SSSR count). The molecule has 1 aromatic carbocycles. The minimum absolute atomic E-state index is 0.0279. The van der Waals surface area contributed by atoms with E-state index in [9.17, 15) is 9.90 Å². The SMILES string of the molecule is [2H]c1c([2H])c([2H])n2c(C(=O)c3cc(Cl)c(C)c(Br)c3)c(C(C)O)nc2c1[2H]. The third-order valence-electron chi connectivity index (χ3n) is 3.46. The topological polar surface area (TPSA) is 54.6 Å². The van der Waals surface area contributed by atoms with E-state index >= 15 is 0 Å². The van der Waals surface area contributed by atoms with E-state index in [1.54, 1.807) is 13.0 Å². The fourth-order valence-corrected chi connectivity index (χ4v) is 3.02. The highest BCUT2D eigenvalue weighted by Crippen LogP contribution is 2.29. The lowest BCUT2D eigenvalue weighted by Crippen LogP contribution is -2.10. The van der Waals surface area contributed by atoms with Crippen molar-refractivity contribution in [3.8, 4) is 0 Å². The Kier molecular flexibility index (Phi) is 3.11. The third kappa shape index (κ3) is 2.80. The van der Waals surface area contributed by atoms with Crippen molar-refractivity contribution in [1.82, 2.24) is 9.38 Å². The molecule has 6 heteroatoms. The van der Waals surface area contributed by atoms with E-state index in [2.05, 4.69) is 20.9 Å². The van der Waals surface area contributed by atoms with Gasteiger partial charge in [0.25, 0.3) is 0 Å². The van der Waals surface area contributed by atoms with Crippen molar-refractivity contribution in [2.24, 2.45) is 0 Å². The molecular formula is C17H14BrClN2O2. The number of carbonyl (C=O) groups excluding carboxylic acids is 1. The van der Waals surface area contributed by atoms with Crippen LogP contribution in [-0.4, -0.2) is 20.3 Å². The van der Waals surface area contributed by atoms with E-state index in [0.29, 0.717) is 9.50 Å². The second-order valence-corrected chi connectivity index (χ2v) is 6.32. The number of carbonyl (C=O) groups is 1. The van der Waals surface area contributed by atoms with Crippen molar-refractivity contribution < 1.29 is 15.4 Å². The van der Waals surface area contributed by atoms with E-state index in [0.717, 1.165) is 9.96 Å². The Morgan fingerprint density at radius 2 is 2.22 bits per heavy atom. The van der Waals surface area contributed by atoms with Crippen LogP contribution >= 0.6 is 27.5 Å². The summed E-state index contributed by atoms with van der Waals surface area (Å²) >= 11 is 9.51. The number of hydrogen-bond acceptors (Lipinski definition) is 3. The first-order valence-electron chi connectivity index (χ1n) is 8.73. The number of fused-ring (bicyclic) bond motifs is 1. The third-order valence-corrected chi connectivity index (χ3v) is 4.68. The molecule has 0 fully saturated rings. The first kappa shape index (κ1) is 11.8. The molecule has 1 N–H and O–H groups in total. The zero-order chi connectivity index (χ0) is 20.2. The van der Waals surface area contributed by atoms with E-state index in [1.165, 1.54) is 13.0 Å². The van der Waals surface area contributed by atoms with Crippen LogP contribution in [0.25, 0.3) is 5.65 Å². The summed E-state index contributed by atoms with van der Waals surface area (Å²) in [6.07, 6.45) is -1.61. The number of hydrogen-bond donors (Lipinski definition) is 1. The number of benzene rings is 1. The molecule has 23 heavy (non-hydrogen) atoms. The second-order valence-electron chi connectivity index (χ2n) is 5.06. The van der Waals surface area contributed by atoms with Gasteiger partial charge >= 0.3 is 0 Å². The van der Waals surface area contributed by atoms with Gasteiger partial charge in [0.05, 0.1) is 17.3 Å². The molecule has 118 valence electrons. The minimum atomic E-state index is -1.16. The summed E-state index contributed by atoms with van der Waals surface area (Å²) in [7, 11) is 0. The summed E-state index contributed by atoms with van der Waals surface area (Å²) in [6, 6.07) is 1.69. The van der Waals surface area contributed by atoms with E-state index in [4.69, 9.17) is 17.1 Å². The minimum Gasteiger partial charge on any atom is -0.387 e. The van der Waals surface area contributed by atoms with E-state index < -0.39 is 30.1 Å². The van der Waals surface area contributed by atoms with E-state index in [-0.39, 0.29) is 28.6 Å². The summed E-state index contributed by atoms with van der Waals surface area (Å²) in [6.45, 7) is 3.19. The van der Waals surface area contributed by atoms with Crippen LogP contribution in [0.15, 0.2) is 40.9 Å². The number of pyridine rings is 1. The van der Waals surface area contributed by atoms with Gasteiger partial charge in [0.1, 0.15) is 11.3 Å². The maximum Gasteiger partial charge on any atom is 0.211 e. The lowest BCUT2D eigenvalue weighted by molar-refractivity contribution is 0.102. The Morgan fingerprint density at radius 3 is 2.87 bits per heavy atom. The summed E-state index contributed by atoms with van der Waals surface area (Å²) < 4.78 is 33.5. The van der Waals surface area contributed by atoms with Gasteiger partial charge in [-0.15, -0.1) is 0 Å². The highest BCUT2D eigenvalue weighted by atomic mass is 79.9. The zero-order valence-corrected chi connectivity index (χ0v) is 14.6. The molecule has 0 radical (unpaired) electrons. The van der Waals surface area contributed by atoms with Crippen molar-refractivity contribution in [2.75, 3.05) is 0 Å². The van der Waals surface area contributed by atoms with Crippen LogP contribution < -0.4 is 0 Å². The van der Waals surface area contributed by atoms with Crippen LogP contribution in [-0.2, 0) is 0 Å². The number of ketones is 1. The molecule has 2 heterocycles. The van der Waals surface area contributed by atoms with E-state index in [1.807, 2.05) is 0 Å². The largest absolute Gasteiger partial charge is 0.387 e. The highest BCUT2D eigenvalue weighted by Gasteiger charge is 2.24. The van der Waals surface area contributed by atoms with Crippen LogP contribution in [0.5, 0.6) is 0 Å². The lowest BCUT2D eigenvalue weighted by atomic mass is 10.0. The number of rotatable bonds is 3. The molecular weight excluding hydrogens is 380 g/mol. The number of halogens is 2. The summed E-state index contributed by atoms with van der Waals surface area (Å²) in [5.74, 6) is -0.564. The molecule has 3 aromatic rings. The van der Waals surface area contributed by atoms with Gasteiger partial charge in [-0.2, -0.15) is 0 Å². The van der Waals surface area contributed by atoms with Crippen LogP contribution in [0.1, 0.15) is 45.8 Å². The number of imidazole rings is 1. The van der Waals surface area contributed by atoms with Gasteiger partial charge in [-0.25, -0.2) is 4.98 Å². The van der Waals surface area contributed by atoms with Gasteiger partial charge in [0.15, 0.2) is 0 Å². The predicted octanol–water partition coefficient (Wildman–Crippen LogP) is 4.34. The average molecular weight is 398 g/mol. The Balaban J connectivity index is 2.40. The molecule has 4 nitrogen and oxygen atoms in total. The van der Waals surface area contributed by atoms with Gasteiger partial charge in [-0.1, -0.05) is 33.6 Å². The van der Waals surface area contributed by atoms with Crippen molar-refractivity contribution in [3.05, 3.63) is 68.4 Å². The summed E-state index contributed by atoms with van der Waals surface area (Å²) in [4.78, 5) is 17.3. The first-order chi connectivity index (χ1) is 12.6. The lowest BCUT2D eigenvalue weighted by Gasteiger charge is -2.09. The molecule has 2 aromatic heterocycles. The molecule has 0 saturated carbocycles. The van der Waals surface area contributed by atoms with Crippen molar-refractivity contribution >= 4 is 39.0 Å². The van der Waals surface area contributed by atoms with Crippen LogP contribution in [0.3, 0.4) is 0 Å². The van der Waals surface area contributed by atoms with Gasteiger partial charge in [0, 0.05) is 21.2 Å². The molecule has 0 amide bonds. The number of nitrogens with zero attached hydrogens (tertiary/aromatic N) is 2. The first-order valence-corrected chi connectivity index (χ1v) is 7.90. The molecule has 0 spiro atoms. The molecule has 0 aliphatic rings. The van der Waals surface area contributed by atoms with Crippen molar-refractivity contribution in [3.63, 3.8) is 0 Å². The molecule has 0 aliphatic carbocycles. The summed E-state index contributed by atoms with van der Waals surface area (Å²) in [5.41, 5.74) is 0.675. The predicted molar refractivity (Wildman–Crippen MR) is 93.1 cm³/mol. The van der Waals surface area contributed by atoms with Gasteiger partial charge in [-0.05, 0) is 43.6 Å². The molecule has 1 atom stereocenters. The van der Waals surface area contributed by atoms with Crippen molar-refractivity contribution in [1.29, 1.82) is 0 Å². The molecule has 0 bridgehead atoms. The number of aliphatic hydroxyl groups is 1. The van der Waals surface area contributed by atoms with Crippen LogP contribution in [0, 0.1) is 6.92 Å². The Hall–Kier alpha value is -1.69. The molecule has 1 unspecified atom stereocenters. The van der Waals surface area contributed by atoms with Crippen LogP contribution in [0.2, 0.25) is 5.02 Å². The number of aromatic nitrogens is 2. The molecule has 0 aliphatic heterocycles. The maximum atomic E-state index is 13.2. The zero-order valence-electron chi connectivity index (χ0n) is 16.2.